The molecule has 0 heterocycles. The van der Waals surface area contributed by atoms with Crippen molar-refractivity contribution in [2.45, 2.75) is 18.4 Å². The number of carbonyl (C=O) groups excluding carboxylic acids is 1. The van der Waals surface area contributed by atoms with E-state index in [0.29, 0.717) is 18.9 Å². The highest BCUT2D eigenvalue weighted by Crippen LogP contribution is 2.33. The molecular weight excluding hydrogens is 238 g/mol. The van der Waals surface area contributed by atoms with Crippen LogP contribution >= 0.6 is 12.4 Å². The maximum absolute atomic E-state index is 13.1. The minimum absolute atomic E-state index is 0. The van der Waals surface area contributed by atoms with Gasteiger partial charge < -0.3 is 11.1 Å². The third-order valence-electron chi connectivity index (χ3n) is 2.42. The first kappa shape index (κ1) is 12.9. The lowest BCUT2D eigenvalue weighted by atomic mass is 10.2. The summed E-state index contributed by atoms with van der Waals surface area (Å²) in [6.45, 7) is 0. The van der Waals surface area contributed by atoms with E-state index in [9.17, 15) is 13.6 Å². The Hall–Kier alpha value is -1.20. The van der Waals surface area contributed by atoms with E-state index in [1.54, 1.807) is 0 Å². The molecule has 0 unspecified atom stereocenters. The normalized spacial score (nSPS) is 16.2. The standard InChI is InChI=1S/C10H10F2N2O.ClH/c11-6-1-2-8(7(12)5-6)14-9(15)10(13)3-4-10;/h1-2,5H,3-4,13H2,(H,14,15);1H. The largest absolute Gasteiger partial charge is 0.322 e. The van der Waals surface area contributed by atoms with E-state index < -0.39 is 23.1 Å². The van der Waals surface area contributed by atoms with Crippen LogP contribution in [0.3, 0.4) is 0 Å². The van der Waals surface area contributed by atoms with E-state index in [0.717, 1.165) is 6.07 Å². The van der Waals surface area contributed by atoms with Crippen molar-refractivity contribution in [3.63, 3.8) is 0 Å². The third-order valence-corrected chi connectivity index (χ3v) is 2.42. The van der Waals surface area contributed by atoms with Gasteiger partial charge in [0.2, 0.25) is 5.91 Å². The van der Waals surface area contributed by atoms with Gasteiger partial charge in [-0.1, -0.05) is 0 Å². The molecular formula is C10H11ClF2N2O. The molecule has 0 aliphatic heterocycles. The van der Waals surface area contributed by atoms with Crippen molar-refractivity contribution in [3.05, 3.63) is 29.8 Å². The molecule has 1 aliphatic carbocycles. The molecule has 1 aromatic rings. The third kappa shape index (κ3) is 2.48. The predicted octanol–water partition coefficient (Wildman–Crippen LogP) is 1.82. The molecule has 1 aliphatic rings. The zero-order valence-corrected chi connectivity index (χ0v) is 9.11. The minimum Gasteiger partial charge on any atom is -0.322 e. The first-order chi connectivity index (χ1) is 7.01. The minimum atomic E-state index is -0.860. The molecule has 0 spiro atoms. The number of hydrogen-bond donors (Lipinski definition) is 2. The van der Waals surface area contributed by atoms with Gasteiger partial charge in [0.1, 0.15) is 11.6 Å². The summed E-state index contributed by atoms with van der Waals surface area (Å²) in [6, 6.07) is 2.97. The van der Waals surface area contributed by atoms with Gasteiger partial charge in [0.25, 0.3) is 0 Å². The number of hydrogen-bond acceptors (Lipinski definition) is 2. The zero-order chi connectivity index (χ0) is 11.1. The Balaban J connectivity index is 0.00000128. The maximum Gasteiger partial charge on any atom is 0.244 e. The summed E-state index contributed by atoms with van der Waals surface area (Å²) in [4.78, 5) is 11.4. The van der Waals surface area contributed by atoms with Crippen LogP contribution in [0.4, 0.5) is 14.5 Å². The van der Waals surface area contributed by atoms with Gasteiger partial charge in [-0.05, 0) is 25.0 Å². The van der Waals surface area contributed by atoms with E-state index in [2.05, 4.69) is 5.32 Å². The lowest BCUT2D eigenvalue weighted by Crippen LogP contribution is -2.38. The highest BCUT2D eigenvalue weighted by atomic mass is 35.5. The fourth-order valence-electron chi connectivity index (χ4n) is 1.20. The second-order valence-corrected chi connectivity index (χ2v) is 3.73. The lowest BCUT2D eigenvalue weighted by molar-refractivity contribution is -0.118. The van der Waals surface area contributed by atoms with Gasteiger partial charge in [-0.25, -0.2) is 8.78 Å². The number of anilines is 1. The van der Waals surface area contributed by atoms with Crippen LogP contribution in [0.15, 0.2) is 18.2 Å². The molecule has 0 aromatic heterocycles. The predicted molar refractivity (Wildman–Crippen MR) is 58.4 cm³/mol. The second kappa shape index (κ2) is 4.35. The van der Waals surface area contributed by atoms with Crippen LogP contribution in [0.2, 0.25) is 0 Å². The van der Waals surface area contributed by atoms with E-state index in [-0.39, 0.29) is 18.1 Å². The van der Waals surface area contributed by atoms with Gasteiger partial charge in [0, 0.05) is 6.07 Å². The summed E-state index contributed by atoms with van der Waals surface area (Å²) >= 11 is 0. The Bertz CT molecular complexity index is 421. The smallest absolute Gasteiger partial charge is 0.244 e. The van der Waals surface area contributed by atoms with Gasteiger partial charge in [-0.2, -0.15) is 0 Å². The van der Waals surface area contributed by atoms with Crippen molar-refractivity contribution >= 4 is 24.0 Å². The van der Waals surface area contributed by atoms with Crippen molar-refractivity contribution in [1.29, 1.82) is 0 Å². The van der Waals surface area contributed by atoms with E-state index in [4.69, 9.17) is 5.73 Å². The number of nitrogens with two attached hydrogens (primary N) is 1. The van der Waals surface area contributed by atoms with E-state index in [1.165, 1.54) is 6.07 Å². The number of amides is 1. The van der Waals surface area contributed by atoms with Gasteiger partial charge in [-0.15, -0.1) is 12.4 Å². The zero-order valence-electron chi connectivity index (χ0n) is 8.30. The van der Waals surface area contributed by atoms with E-state index >= 15 is 0 Å². The van der Waals surface area contributed by atoms with Crippen LogP contribution in [0.1, 0.15) is 12.8 Å². The summed E-state index contributed by atoms with van der Waals surface area (Å²) in [7, 11) is 0. The van der Waals surface area contributed by atoms with Crippen molar-refractivity contribution < 1.29 is 13.6 Å². The molecule has 0 saturated heterocycles. The Labute approximate surface area is 97.4 Å². The SMILES string of the molecule is Cl.NC1(C(=O)Nc2ccc(F)cc2F)CC1. The van der Waals surface area contributed by atoms with Crippen LogP contribution in [0.25, 0.3) is 0 Å². The molecule has 1 fully saturated rings. The molecule has 3 nitrogen and oxygen atoms in total. The van der Waals surface area contributed by atoms with E-state index in [1.807, 2.05) is 0 Å². The molecule has 1 aromatic carbocycles. The Kier molecular flexibility index (Phi) is 3.50. The topological polar surface area (TPSA) is 55.1 Å². The van der Waals surface area contributed by atoms with Crippen LogP contribution in [-0.4, -0.2) is 11.4 Å². The van der Waals surface area contributed by atoms with Gasteiger partial charge in [0.05, 0.1) is 11.2 Å². The quantitative estimate of drug-likeness (QED) is 0.839. The number of halogens is 3. The molecule has 2 rings (SSSR count). The molecule has 0 atom stereocenters. The second-order valence-electron chi connectivity index (χ2n) is 3.73. The van der Waals surface area contributed by atoms with Crippen LogP contribution < -0.4 is 11.1 Å². The van der Waals surface area contributed by atoms with Crippen molar-refractivity contribution in [2.75, 3.05) is 5.32 Å². The van der Waals surface area contributed by atoms with Crippen LogP contribution in [0, 0.1) is 11.6 Å². The Morgan fingerprint density at radius 2 is 2.00 bits per heavy atom. The Morgan fingerprint density at radius 1 is 1.38 bits per heavy atom. The first-order valence-corrected chi connectivity index (χ1v) is 4.57. The summed E-state index contributed by atoms with van der Waals surface area (Å²) in [6.07, 6.45) is 1.20. The fraction of sp³-hybridized carbons (Fsp3) is 0.300. The summed E-state index contributed by atoms with van der Waals surface area (Å²) in [5.74, 6) is -1.90. The van der Waals surface area contributed by atoms with Crippen molar-refractivity contribution in [1.82, 2.24) is 0 Å². The van der Waals surface area contributed by atoms with Gasteiger partial charge in [0.15, 0.2) is 0 Å². The van der Waals surface area contributed by atoms with Crippen LogP contribution in [0.5, 0.6) is 0 Å². The average molecular weight is 249 g/mol. The maximum atomic E-state index is 13.1. The molecule has 1 amide bonds. The lowest BCUT2D eigenvalue weighted by Gasteiger charge is -2.10. The molecule has 0 radical (unpaired) electrons. The summed E-state index contributed by atoms with van der Waals surface area (Å²) < 4.78 is 25.7. The molecule has 0 bridgehead atoms. The van der Waals surface area contributed by atoms with Crippen molar-refractivity contribution in [3.8, 4) is 0 Å². The highest BCUT2D eigenvalue weighted by molar-refractivity contribution is 6.00. The van der Waals surface area contributed by atoms with Gasteiger partial charge in [-0.3, -0.25) is 4.79 Å². The molecule has 3 N–H and O–H groups in total. The Morgan fingerprint density at radius 3 is 2.50 bits per heavy atom. The summed E-state index contributed by atoms with van der Waals surface area (Å²) in [5, 5.41) is 2.33. The van der Waals surface area contributed by atoms with Crippen LogP contribution in [-0.2, 0) is 4.79 Å². The molecule has 16 heavy (non-hydrogen) atoms. The number of carbonyl (C=O) groups is 1. The monoisotopic (exact) mass is 248 g/mol. The molecule has 1 saturated carbocycles. The van der Waals surface area contributed by atoms with Gasteiger partial charge >= 0.3 is 0 Å². The summed E-state index contributed by atoms with van der Waals surface area (Å²) in [5.41, 5.74) is 4.71. The average Bonchev–Trinajstić information content (AvgIpc) is 2.90. The first-order valence-electron chi connectivity index (χ1n) is 4.57. The number of rotatable bonds is 2. The number of nitrogens with one attached hydrogen (secondary N) is 1. The highest BCUT2D eigenvalue weighted by Gasteiger charge is 2.46. The molecule has 88 valence electrons. The van der Waals surface area contributed by atoms with Crippen molar-refractivity contribution in [2.24, 2.45) is 5.73 Å². The number of benzene rings is 1. The molecule has 6 heteroatoms. The fourth-order valence-corrected chi connectivity index (χ4v) is 1.20.